The van der Waals surface area contributed by atoms with Gasteiger partial charge < -0.3 is 10.6 Å². The van der Waals surface area contributed by atoms with Crippen LogP contribution in [0.15, 0.2) is 54.6 Å². The molecule has 1 atom stereocenters. The number of hydrogen-bond donors (Lipinski definition) is 2. The summed E-state index contributed by atoms with van der Waals surface area (Å²) >= 11 is 0. The molecule has 2 rings (SSSR count). The van der Waals surface area contributed by atoms with Crippen LogP contribution in [0.25, 0.3) is 0 Å². The predicted molar refractivity (Wildman–Crippen MR) is 85.9 cm³/mol. The van der Waals surface area contributed by atoms with Gasteiger partial charge in [0.25, 0.3) is 0 Å². The molecule has 0 aliphatic carbocycles. The molecule has 3 heteroatoms. The van der Waals surface area contributed by atoms with E-state index in [2.05, 4.69) is 36.6 Å². The van der Waals surface area contributed by atoms with Gasteiger partial charge in [0, 0.05) is 12.6 Å². The highest BCUT2D eigenvalue weighted by Gasteiger charge is 2.09. The Kier molecular flexibility index (Phi) is 5.52. The first-order valence-electron chi connectivity index (χ1n) is 7.26. The zero-order valence-corrected chi connectivity index (χ0v) is 12.6. The number of amides is 1. The number of hydrogen-bond acceptors (Lipinski definition) is 2. The maximum Gasteiger partial charge on any atom is 0.234 e. The number of nitrogens with one attached hydrogen (secondary N) is 2. The summed E-state index contributed by atoms with van der Waals surface area (Å²) in [6.07, 6.45) is 0. The van der Waals surface area contributed by atoms with Crippen LogP contribution in [0, 0.1) is 6.92 Å². The third kappa shape index (κ3) is 4.72. The van der Waals surface area contributed by atoms with Crippen molar-refractivity contribution in [3.63, 3.8) is 0 Å². The highest BCUT2D eigenvalue weighted by Crippen LogP contribution is 2.16. The topological polar surface area (TPSA) is 41.1 Å². The van der Waals surface area contributed by atoms with E-state index in [0.29, 0.717) is 13.1 Å². The normalized spacial score (nSPS) is 11.9. The fraction of sp³-hybridized carbons (Fsp3) is 0.278. The molecule has 0 spiro atoms. The quantitative estimate of drug-likeness (QED) is 0.855. The summed E-state index contributed by atoms with van der Waals surface area (Å²) in [7, 11) is 0. The van der Waals surface area contributed by atoms with E-state index in [1.165, 1.54) is 11.1 Å². The molecule has 1 amide bonds. The van der Waals surface area contributed by atoms with Gasteiger partial charge >= 0.3 is 0 Å². The van der Waals surface area contributed by atoms with Crippen LogP contribution in [-0.2, 0) is 11.3 Å². The van der Waals surface area contributed by atoms with Crippen molar-refractivity contribution in [1.29, 1.82) is 0 Å². The van der Waals surface area contributed by atoms with Crippen LogP contribution in [0.1, 0.15) is 29.7 Å². The Bertz CT molecular complexity index is 581. The zero-order chi connectivity index (χ0) is 15.1. The largest absolute Gasteiger partial charge is 0.351 e. The molecule has 0 aliphatic heterocycles. The Labute approximate surface area is 126 Å². The summed E-state index contributed by atoms with van der Waals surface area (Å²) < 4.78 is 0. The number of aryl methyl sites for hydroxylation is 1. The van der Waals surface area contributed by atoms with Crippen molar-refractivity contribution in [3.8, 4) is 0 Å². The molecule has 21 heavy (non-hydrogen) atoms. The standard InChI is InChI=1S/C18H22N2O/c1-14-8-6-7-11-17(14)15(2)19-13-18(21)20-12-16-9-4-3-5-10-16/h3-11,15,19H,12-13H2,1-2H3,(H,20,21). The van der Waals surface area contributed by atoms with E-state index >= 15 is 0 Å². The van der Waals surface area contributed by atoms with Crippen LogP contribution in [0.2, 0.25) is 0 Å². The lowest BCUT2D eigenvalue weighted by Crippen LogP contribution is -2.34. The summed E-state index contributed by atoms with van der Waals surface area (Å²) in [5.74, 6) is 0.0132. The average Bonchev–Trinajstić information content (AvgIpc) is 2.52. The molecule has 0 radical (unpaired) electrons. The van der Waals surface area contributed by atoms with E-state index in [1.807, 2.05) is 42.5 Å². The molecule has 0 saturated carbocycles. The van der Waals surface area contributed by atoms with E-state index in [9.17, 15) is 4.79 Å². The van der Waals surface area contributed by atoms with E-state index in [-0.39, 0.29) is 11.9 Å². The van der Waals surface area contributed by atoms with Gasteiger partial charge in [-0.05, 0) is 30.5 Å². The minimum atomic E-state index is 0.0132. The summed E-state index contributed by atoms with van der Waals surface area (Å²) in [6, 6.07) is 18.3. The second kappa shape index (κ2) is 7.60. The van der Waals surface area contributed by atoms with Crippen molar-refractivity contribution in [2.75, 3.05) is 6.54 Å². The zero-order valence-electron chi connectivity index (χ0n) is 12.6. The van der Waals surface area contributed by atoms with Crippen molar-refractivity contribution < 1.29 is 4.79 Å². The minimum absolute atomic E-state index is 0.0132. The van der Waals surface area contributed by atoms with Gasteiger partial charge in [0.1, 0.15) is 0 Å². The third-order valence-corrected chi connectivity index (χ3v) is 3.56. The van der Waals surface area contributed by atoms with Crippen molar-refractivity contribution in [2.24, 2.45) is 0 Å². The SMILES string of the molecule is Cc1ccccc1C(C)NCC(=O)NCc1ccccc1. The highest BCUT2D eigenvalue weighted by atomic mass is 16.1. The molecule has 0 aromatic heterocycles. The lowest BCUT2D eigenvalue weighted by Gasteiger charge is -2.16. The van der Waals surface area contributed by atoms with Crippen LogP contribution in [0.4, 0.5) is 0 Å². The average molecular weight is 282 g/mol. The van der Waals surface area contributed by atoms with Crippen LogP contribution >= 0.6 is 0 Å². The first kappa shape index (κ1) is 15.3. The molecule has 0 bridgehead atoms. The maximum atomic E-state index is 11.9. The van der Waals surface area contributed by atoms with E-state index < -0.39 is 0 Å². The molecule has 110 valence electrons. The van der Waals surface area contributed by atoms with Gasteiger partial charge in [-0.3, -0.25) is 4.79 Å². The minimum Gasteiger partial charge on any atom is -0.351 e. The molecular weight excluding hydrogens is 260 g/mol. The fourth-order valence-corrected chi connectivity index (χ4v) is 2.29. The maximum absolute atomic E-state index is 11.9. The fourth-order valence-electron chi connectivity index (χ4n) is 2.29. The second-order valence-corrected chi connectivity index (χ2v) is 5.22. The Morgan fingerprint density at radius 2 is 1.71 bits per heavy atom. The van der Waals surface area contributed by atoms with Crippen LogP contribution < -0.4 is 10.6 Å². The summed E-state index contributed by atoms with van der Waals surface area (Å²) in [4.78, 5) is 11.9. The molecule has 0 aliphatic rings. The van der Waals surface area contributed by atoms with E-state index in [4.69, 9.17) is 0 Å². The first-order chi connectivity index (χ1) is 10.2. The monoisotopic (exact) mass is 282 g/mol. The number of carbonyl (C=O) groups is 1. The van der Waals surface area contributed by atoms with Crippen molar-refractivity contribution in [2.45, 2.75) is 26.4 Å². The molecule has 0 heterocycles. The summed E-state index contributed by atoms with van der Waals surface area (Å²) in [6.45, 7) is 5.05. The molecule has 2 N–H and O–H groups in total. The molecule has 3 nitrogen and oxygen atoms in total. The molecular formula is C18H22N2O. The van der Waals surface area contributed by atoms with Gasteiger partial charge in [-0.25, -0.2) is 0 Å². The molecule has 2 aromatic carbocycles. The van der Waals surface area contributed by atoms with Crippen molar-refractivity contribution in [1.82, 2.24) is 10.6 Å². The van der Waals surface area contributed by atoms with Crippen molar-refractivity contribution >= 4 is 5.91 Å². The molecule has 0 saturated heterocycles. The Balaban J connectivity index is 1.77. The van der Waals surface area contributed by atoms with Gasteiger partial charge in [0.05, 0.1) is 6.54 Å². The van der Waals surface area contributed by atoms with Gasteiger partial charge in [-0.15, -0.1) is 0 Å². The number of carbonyl (C=O) groups excluding carboxylic acids is 1. The molecule has 2 aromatic rings. The summed E-state index contributed by atoms with van der Waals surface area (Å²) in [5.41, 5.74) is 3.58. The number of rotatable bonds is 6. The lowest BCUT2D eigenvalue weighted by molar-refractivity contribution is -0.120. The van der Waals surface area contributed by atoms with Crippen LogP contribution in [0.5, 0.6) is 0 Å². The summed E-state index contributed by atoms with van der Waals surface area (Å²) in [5, 5.41) is 6.18. The van der Waals surface area contributed by atoms with Crippen LogP contribution in [-0.4, -0.2) is 12.5 Å². The van der Waals surface area contributed by atoms with Gasteiger partial charge in [-0.1, -0.05) is 54.6 Å². The Morgan fingerprint density at radius 3 is 2.43 bits per heavy atom. The van der Waals surface area contributed by atoms with E-state index in [1.54, 1.807) is 0 Å². The Morgan fingerprint density at radius 1 is 1.05 bits per heavy atom. The van der Waals surface area contributed by atoms with Gasteiger partial charge in [-0.2, -0.15) is 0 Å². The van der Waals surface area contributed by atoms with Crippen molar-refractivity contribution in [3.05, 3.63) is 71.3 Å². The predicted octanol–water partition coefficient (Wildman–Crippen LogP) is 2.96. The smallest absolute Gasteiger partial charge is 0.234 e. The number of benzene rings is 2. The molecule has 0 fully saturated rings. The lowest BCUT2D eigenvalue weighted by atomic mass is 10.0. The third-order valence-electron chi connectivity index (χ3n) is 3.56. The molecule has 1 unspecified atom stereocenters. The highest BCUT2D eigenvalue weighted by molar-refractivity contribution is 5.78. The van der Waals surface area contributed by atoms with Gasteiger partial charge in [0.15, 0.2) is 0 Å². The van der Waals surface area contributed by atoms with E-state index in [0.717, 1.165) is 5.56 Å². The Hall–Kier alpha value is -2.13. The van der Waals surface area contributed by atoms with Crippen LogP contribution in [0.3, 0.4) is 0 Å². The second-order valence-electron chi connectivity index (χ2n) is 5.22. The first-order valence-corrected chi connectivity index (χ1v) is 7.26. The van der Waals surface area contributed by atoms with Gasteiger partial charge in [0.2, 0.25) is 5.91 Å².